The summed E-state index contributed by atoms with van der Waals surface area (Å²) in [4.78, 5) is 50.5. The van der Waals surface area contributed by atoms with Crippen LogP contribution >= 0.6 is 0 Å². The summed E-state index contributed by atoms with van der Waals surface area (Å²) in [5.74, 6) is -1.91. The third kappa shape index (κ3) is 5.08. The Hall–Kier alpha value is -3.28. The molecule has 1 N–H and O–H groups in total. The summed E-state index contributed by atoms with van der Waals surface area (Å²) in [5.41, 5.74) is 0.766. The quantitative estimate of drug-likeness (QED) is 0.415. The lowest BCUT2D eigenvalue weighted by Gasteiger charge is -2.19. The molecule has 1 aliphatic carbocycles. The minimum absolute atomic E-state index is 0.00855. The van der Waals surface area contributed by atoms with Gasteiger partial charge in [-0.25, -0.2) is 4.79 Å². The fourth-order valence-electron chi connectivity index (χ4n) is 3.79. The first-order valence-electron chi connectivity index (χ1n) is 10.7. The van der Waals surface area contributed by atoms with Crippen LogP contribution in [-0.4, -0.2) is 36.1 Å². The second-order valence-electron chi connectivity index (χ2n) is 7.83. The van der Waals surface area contributed by atoms with Crippen LogP contribution in [0.2, 0.25) is 0 Å². The summed E-state index contributed by atoms with van der Waals surface area (Å²) in [5, 5.41) is 2.82. The van der Waals surface area contributed by atoms with Gasteiger partial charge < -0.3 is 10.1 Å². The second-order valence-corrected chi connectivity index (χ2v) is 7.83. The van der Waals surface area contributed by atoms with Gasteiger partial charge in [-0.1, -0.05) is 69.0 Å². The molecule has 0 fully saturated rings. The number of esters is 1. The van der Waals surface area contributed by atoms with Crippen molar-refractivity contribution in [3.05, 3.63) is 70.3 Å². The van der Waals surface area contributed by atoms with Crippen molar-refractivity contribution in [1.82, 2.24) is 5.32 Å². The van der Waals surface area contributed by atoms with Gasteiger partial charge in [0.05, 0.1) is 5.56 Å². The van der Waals surface area contributed by atoms with Crippen molar-refractivity contribution < 1.29 is 23.9 Å². The number of nitrogens with one attached hydrogen (secondary N) is 1. The van der Waals surface area contributed by atoms with Crippen molar-refractivity contribution >= 4 is 23.4 Å². The Kier molecular flexibility index (Phi) is 7.34. The van der Waals surface area contributed by atoms with Crippen LogP contribution in [0.25, 0.3) is 0 Å². The molecule has 2 aromatic carbocycles. The van der Waals surface area contributed by atoms with E-state index in [9.17, 15) is 19.2 Å². The van der Waals surface area contributed by atoms with Crippen LogP contribution in [0.3, 0.4) is 0 Å². The molecule has 0 saturated heterocycles. The van der Waals surface area contributed by atoms with E-state index in [0.717, 1.165) is 25.7 Å². The lowest BCUT2D eigenvalue weighted by atomic mass is 9.82. The zero-order valence-corrected chi connectivity index (χ0v) is 17.9. The minimum atomic E-state index is -0.803. The molecule has 1 aliphatic rings. The van der Waals surface area contributed by atoms with Crippen LogP contribution in [0.1, 0.15) is 88.2 Å². The summed E-state index contributed by atoms with van der Waals surface area (Å²) in [6, 6.07) is 11.0. The van der Waals surface area contributed by atoms with Crippen molar-refractivity contribution in [3.8, 4) is 0 Å². The highest BCUT2D eigenvalue weighted by Crippen LogP contribution is 2.29. The molecule has 0 radical (unpaired) electrons. The summed E-state index contributed by atoms with van der Waals surface area (Å²) in [7, 11) is 0. The number of ketones is 2. The molecule has 0 saturated carbocycles. The lowest BCUT2D eigenvalue weighted by molar-refractivity contribution is -0.124. The molecule has 6 nitrogen and oxygen atoms in total. The fraction of sp³-hybridized carbons (Fsp3) is 0.360. The molecular weight excluding hydrogens is 394 g/mol. The van der Waals surface area contributed by atoms with E-state index < -0.39 is 24.3 Å². The number of hydrogen-bond donors (Lipinski definition) is 1. The molecule has 1 amide bonds. The monoisotopic (exact) mass is 421 g/mol. The summed E-state index contributed by atoms with van der Waals surface area (Å²) < 4.78 is 5.16. The predicted octanol–water partition coefficient (Wildman–Crippen LogP) is 4.09. The number of rotatable bonds is 9. The first kappa shape index (κ1) is 22.4. The van der Waals surface area contributed by atoms with E-state index in [1.165, 1.54) is 24.6 Å². The number of carbonyl (C=O) groups is 4. The Balaban J connectivity index is 1.65. The number of fused-ring (bicyclic) bond motifs is 2. The van der Waals surface area contributed by atoms with Crippen LogP contribution in [0.5, 0.6) is 0 Å². The van der Waals surface area contributed by atoms with E-state index in [0.29, 0.717) is 5.56 Å². The summed E-state index contributed by atoms with van der Waals surface area (Å²) >= 11 is 0. The Labute approximate surface area is 182 Å². The molecular formula is C25H27NO5. The highest BCUT2D eigenvalue weighted by Gasteiger charge is 2.33. The number of carbonyl (C=O) groups excluding carboxylic acids is 4. The van der Waals surface area contributed by atoms with Gasteiger partial charge in [-0.05, 0) is 19.4 Å². The van der Waals surface area contributed by atoms with Gasteiger partial charge in [0.15, 0.2) is 18.2 Å². The average molecular weight is 421 g/mol. The Morgan fingerprint density at radius 2 is 1.58 bits per heavy atom. The zero-order chi connectivity index (χ0) is 22.4. The molecule has 0 spiro atoms. The molecule has 6 heteroatoms. The van der Waals surface area contributed by atoms with Gasteiger partial charge in [0, 0.05) is 28.3 Å². The SMILES string of the molecule is CCCCCC[C@H](C)NC(=O)COC(=O)c1cccc2c1C(=O)c1ccccc1C2=O. The Morgan fingerprint density at radius 3 is 2.29 bits per heavy atom. The van der Waals surface area contributed by atoms with Crippen LogP contribution in [-0.2, 0) is 9.53 Å². The molecule has 162 valence electrons. The molecule has 2 aromatic rings. The predicted molar refractivity (Wildman–Crippen MR) is 116 cm³/mol. The van der Waals surface area contributed by atoms with Crippen molar-refractivity contribution in [3.63, 3.8) is 0 Å². The van der Waals surface area contributed by atoms with Crippen LogP contribution in [0.15, 0.2) is 42.5 Å². The molecule has 0 unspecified atom stereocenters. The third-order valence-corrected chi connectivity index (χ3v) is 5.40. The normalized spacial score (nSPS) is 13.2. The van der Waals surface area contributed by atoms with Crippen LogP contribution < -0.4 is 5.32 Å². The van der Waals surface area contributed by atoms with Gasteiger partial charge in [-0.3, -0.25) is 14.4 Å². The maximum atomic E-state index is 13.0. The van der Waals surface area contributed by atoms with Crippen LogP contribution in [0.4, 0.5) is 0 Å². The fourth-order valence-corrected chi connectivity index (χ4v) is 3.79. The van der Waals surface area contributed by atoms with Crippen molar-refractivity contribution in [2.45, 2.75) is 52.0 Å². The molecule has 0 bridgehead atoms. The smallest absolute Gasteiger partial charge is 0.339 e. The summed E-state index contributed by atoms with van der Waals surface area (Å²) in [6.45, 7) is 3.62. The van der Waals surface area contributed by atoms with Crippen molar-refractivity contribution in [1.29, 1.82) is 0 Å². The standard InChI is InChI=1S/C25H27NO5/c1-3-4-5-6-10-16(2)26-21(27)15-31-25(30)20-14-9-13-19-22(20)24(29)18-12-8-7-11-17(18)23(19)28/h7-9,11-14,16H,3-6,10,15H2,1-2H3,(H,26,27)/t16-/m0/s1. The van der Waals surface area contributed by atoms with Gasteiger partial charge >= 0.3 is 5.97 Å². The van der Waals surface area contributed by atoms with Crippen molar-refractivity contribution in [2.24, 2.45) is 0 Å². The van der Waals surface area contributed by atoms with Gasteiger partial charge in [-0.15, -0.1) is 0 Å². The molecule has 0 aromatic heterocycles. The van der Waals surface area contributed by atoms with Gasteiger partial charge in [-0.2, -0.15) is 0 Å². The van der Waals surface area contributed by atoms with E-state index in [2.05, 4.69) is 12.2 Å². The molecule has 31 heavy (non-hydrogen) atoms. The maximum Gasteiger partial charge on any atom is 0.339 e. The maximum absolute atomic E-state index is 13.0. The van der Waals surface area contributed by atoms with Crippen molar-refractivity contribution in [2.75, 3.05) is 6.61 Å². The molecule has 3 rings (SSSR count). The number of ether oxygens (including phenoxy) is 1. The topological polar surface area (TPSA) is 89.5 Å². The van der Waals surface area contributed by atoms with Gasteiger partial charge in [0.25, 0.3) is 5.91 Å². The highest BCUT2D eigenvalue weighted by molar-refractivity contribution is 6.30. The van der Waals surface area contributed by atoms with E-state index in [1.54, 1.807) is 24.3 Å². The van der Waals surface area contributed by atoms with E-state index in [4.69, 9.17) is 4.74 Å². The summed E-state index contributed by atoms with van der Waals surface area (Å²) in [6.07, 6.45) is 5.34. The molecule has 0 heterocycles. The third-order valence-electron chi connectivity index (χ3n) is 5.40. The average Bonchev–Trinajstić information content (AvgIpc) is 2.78. The van der Waals surface area contributed by atoms with Gasteiger partial charge in [0.1, 0.15) is 0 Å². The minimum Gasteiger partial charge on any atom is -0.452 e. The first-order valence-corrected chi connectivity index (χ1v) is 10.7. The van der Waals surface area contributed by atoms with E-state index >= 15 is 0 Å². The number of hydrogen-bond acceptors (Lipinski definition) is 5. The molecule has 0 aliphatic heterocycles. The lowest BCUT2D eigenvalue weighted by Crippen LogP contribution is -2.36. The second kappa shape index (κ2) is 10.2. The number of benzene rings is 2. The van der Waals surface area contributed by atoms with E-state index in [1.807, 2.05) is 6.92 Å². The van der Waals surface area contributed by atoms with Gasteiger partial charge in [0.2, 0.25) is 0 Å². The van der Waals surface area contributed by atoms with Crippen LogP contribution in [0, 0.1) is 0 Å². The zero-order valence-electron chi connectivity index (χ0n) is 17.9. The molecule has 1 atom stereocenters. The largest absolute Gasteiger partial charge is 0.452 e. The number of amides is 1. The Bertz CT molecular complexity index is 1010. The number of unbranched alkanes of at least 4 members (excludes halogenated alkanes) is 3. The highest BCUT2D eigenvalue weighted by atomic mass is 16.5. The first-order chi connectivity index (χ1) is 14.9. The van der Waals surface area contributed by atoms with E-state index in [-0.39, 0.29) is 34.1 Å². The Morgan fingerprint density at radius 1 is 0.903 bits per heavy atom.